The zero-order valence-corrected chi connectivity index (χ0v) is 31.3. The summed E-state index contributed by atoms with van der Waals surface area (Å²) in [6, 6.07) is -4.83. The molecular formula is C30H58F6N4Sn. The summed E-state index contributed by atoms with van der Waals surface area (Å²) in [7, 11) is 0. The summed E-state index contributed by atoms with van der Waals surface area (Å²) in [5, 5.41) is 0. The summed E-state index contributed by atoms with van der Waals surface area (Å²) in [5.41, 5.74) is -3.53. The van der Waals surface area contributed by atoms with Crippen LogP contribution in [0.4, 0.5) is 26.3 Å². The van der Waals surface area contributed by atoms with E-state index in [1.165, 1.54) is 0 Å². The second kappa shape index (κ2) is 11.2. The molecule has 0 N–H and O–H groups in total. The third-order valence-corrected chi connectivity index (χ3v) is 27.4. The van der Waals surface area contributed by atoms with Crippen LogP contribution in [-0.2, 0) is 0 Å². The van der Waals surface area contributed by atoms with Crippen molar-refractivity contribution in [1.29, 1.82) is 0 Å². The third-order valence-electron chi connectivity index (χ3n) is 8.69. The Morgan fingerprint density at radius 2 is 0.683 bits per heavy atom. The maximum absolute atomic E-state index is 15.5. The van der Waals surface area contributed by atoms with Gasteiger partial charge in [-0.2, -0.15) is 0 Å². The molecule has 244 valence electrons. The van der Waals surface area contributed by atoms with Crippen molar-refractivity contribution in [3.05, 3.63) is 0 Å². The molecule has 0 aromatic carbocycles. The third kappa shape index (κ3) is 6.91. The zero-order chi connectivity index (χ0) is 32.7. The molecule has 41 heavy (non-hydrogen) atoms. The van der Waals surface area contributed by atoms with Gasteiger partial charge in [0.25, 0.3) is 0 Å². The van der Waals surface area contributed by atoms with Crippen LogP contribution in [0.3, 0.4) is 0 Å². The fourth-order valence-electron chi connectivity index (χ4n) is 7.87. The van der Waals surface area contributed by atoms with Crippen LogP contribution in [0.1, 0.15) is 124 Å². The maximum atomic E-state index is 15.5. The van der Waals surface area contributed by atoms with Crippen molar-refractivity contribution in [2.45, 2.75) is 182 Å². The molecule has 0 aliphatic carbocycles. The molecule has 4 atom stereocenters. The second-order valence-electron chi connectivity index (χ2n) is 17.0. The van der Waals surface area contributed by atoms with Crippen molar-refractivity contribution in [1.82, 2.24) is 12.5 Å². The van der Waals surface area contributed by atoms with E-state index in [1.54, 1.807) is 47.8 Å². The summed E-state index contributed by atoms with van der Waals surface area (Å²) < 4.78 is 101. The van der Waals surface area contributed by atoms with Crippen LogP contribution >= 0.6 is 0 Å². The minimum absolute atomic E-state index is 0.173. The molecule has 4 unspecified atom stereocenters. The first kappa shape index (κ1) is 37.4. The van der Waals surface area contributed by atoms with E-state index >= 15 is 26.3 Å². The average Bonchev–Trinajstić information content (AvgIpc) is 2.66. The Morgan fingerprint density at radius 1 is 0.463 bits per heavy atom. The summed E-state index contributed by atoms with van der Waals surface area (Å²) >= 11 is -5.59. The predicted octanol–water partition coefficient (Wildman–Crippen LogP) is 8.54. The monoisotopic (exact) mass is 708 g/mol. The van der Waals surface area contributed by atoms with Crippen molar-refractivity contribution in [2.24, 2.45) is 11.8 Å². The average molecular weight is 708 g/mol. The van der Waals surface area contributed by atoms with Crippen LogP contribution in [0.15, 0.2) is 0 Å². The van der Waals surface area contributed by atoms with Crippen LogP contribution in [0.25, 0.3) is 0 Å². The quantitative estimate of drug-likeness (QED) is 0.211. The first-order valence-corrected chi connectivity index (χ1v) is 20.2. The molecule has 0 aromatic rings. The zero-order valence-electron chi connectivity index (χ0n) is 28.4. The normalized spacial score (nSPS) is 31.6. The standard InChI is InChI=1S/2C15H29F3N2.Sn/c2*1-10(2)11(19-13(3,4)5)9-12(15(16,17)18)20-14(6,7)8;/h2*10-12H,9H2,1-8H3;/q2*-2;+4. The summed E-state index contributed by atoms with van der Waals surface area (Å²) in [6.07, 6.45) is -9.57. The summed E-state index contributed by atoms with van der Waals surface area (Å²) in [4.78, 5) is 0. The van der Waals surface area contributed by atoms with Crippen molar-refractivity contribution < 1.29 is 26.3 Å². The van der Waals surface area contributed by atoms with Gasteiger partial charge in [-0.1, -0.05) is 0 Å². The molecule has 2 aliphatic rings. The molecule has 2 fully saturated rings. The number of nitrogens with zero attached hydrogens (tertiary/aromatic N) is 4. The Hall–Kier alpha value is 0.219. The van der Waals surface area contributed by atoms with E-state index in [9.17, 15) is 0 Å². The predicted molar refractivity (Wildman–Crippen MR) is 158 cm³/mol. The Morgan fingerprint density at radius 3 is 0.829 bits per heavy atom. The number of halogens is 6. The van der Waals surface area contributed by atoms with Gasteiger partial charge in [-0.05, 0) is 0 Å². The van der Waals surface area contributed by atoms with E-state index in [0.717, 1.165) is 0 Å². The van der Waals surface area contributed by atoms with Crippen LogP contribution in [0.2, 0.25) is 0 Å². The van der Waals surface area contributed by atoms with Crippen molar-refractivity contribution in [3.63, 3.8) is 0 Å². The van der Waals surface area contributed by atoms with Gasteiger partial charge in [-0.25, -0.2) is 0 Å². The van der Waals surface area contributed by atoms with E-state index in [0.29, 0.717) is 0 Å². The van der Waals surface area contributed by atoms with Gasteiger partial charge in [0.15, 0.2) is 0 Å². The first-order valence-electron chi connectivity index (χ1n) is 15.1. The van der Waals surface area contributed by atoms with Crippen molar-refractivity contribution in [2.75, 3.05) is 0 Å². The molecular weight excluding hydrogens is 649 g/mol. The second-order valence-corrected chi connectivity index (χ2v) is 25.9. The van der Waals surface area contributed by atoms with E-state index in [4.69, 9.17) is 0 Å². The van der Waals surface area contributed by atoms with Gasteiger partial charge in [-0.3, -0.25) is 0 Å². The van der Waals surface area contributed by atoms with Crippen LogP contribution < -0.4 is 0 Å². The van der Waals surface area contributed by atoms with E-state index < -0.39 is 78.1 Å². The first-order chi connectivity index (χ1) is 17.8. The van der Waals surface area contributed by atoms with Crippen LogP contribution in [0.5, 0.6) is 0 Å². The van der Waals surface area contributed by atoms with Gasteiger partial charge in [0.2, 0.25) is 0 Å². The SMILES string of the molecule is CC(C)C1CC(C(F)(F)F)[N](C(C)(C)C)[Sn]2([N]1C(C)(C)C)[N](C(C)(C)C)C(C(C)C)CC(C(F)(F)F)[N]2C(C)(C)C. The van der Waals surface area contributed by atoms with Gasteiger partial charge in [0.1, 0.15) is 0 Å². The van der Waals surface area contributed by atoms with Gasteiger partial charge in [0.05, 0.1) is 0 Å². The van der Waals surface area contributed by atoms with Gasteiger partial charge < -0.3 is 0 Å². The molecule has 2 heterocycles. The summed E-state index contributed by atoms with van der Waals surface area (Å²) in [5.74, 6) is -0.385. The van der Waals surface area contributed by atoms with Gasteiger partial charge in [-0.15, -0.1) is 0 Å². The topological polar surface area (TPSA) is 13.0 Å². The Labute approximate surface area is 251 Å². The molecule has 0 bridgehead atoms. The minimum atomic E-state index is -5.59. The molecule has 2 aliphatic heterocycles. The number of hydrogen-bond acceptors (Lipinski definition) is 4. The molecule has 1 spiro atoms. The number of alkyl halides is 6. The van der Waals surface area contributed by atoms with Crippen molar-refractivity contribution >= 4 is 19.5 Å². The molecule has 4 nitrogen and oxygen atoms in total. The fourth-order valence-corrected chi connectivity index (χ4v) is 30.8. The molecule has 2 rings (SSSR count). The summed E-state index contributed by atoms with van der Waals surface area (Å²) in [6.45, 7) is 30.2. The molecule has 0 saturated carbocycles. The molecule has 2 saturated heterocycles. The Bertz CT molecular complexity index is 831. The van der Waals surface area contributed by atoms with Gasteiger partial charge >= 0.3 is 252 Å². The molecule has 0 aromatic heterocycles. The number of rotatable bonds is 2. The van der Waals surface area contributed by atoms with E-state index in [2.05, 4.69) is 6.24 Å². The van der Waals surface area contributed by atoms with Crippen LogP contribution in [-0.4, -0.2) is 90.6 Å². The van der Waals surface area contributed by atoms with Crippen molar-refractivity contribution in [3.8, 4) is 0 Å². The molecule has 11 heteroatoms. The van der Waals surface area contributed by atoms with Gasteiger partial charge in [0, 0.05) is 0 Å². The van der Waals surface area contributed by atoms with Crippen LogP contribution in [0, 0.1) is 11.8 Å². The number of hydrogen-bond donors (Lipinski definition) is 0. The molecule has 0 amide bonds. The Balaban J connectivity index is 3.46. The molecule has 0 radical (unpaired) electrons. The van der Waals surface area contributed by atoms with E-state index in [-0.39, 0.29) is 24.7 Å². The van der Waals surface area contributed by atoms with E-state index in [1.807, 2.05) is 69.2 Å². The Kier molecular flexibility index (Phi) is 10.2. The fraction of sp³-hybridized carbons (Fsp3) is 1.00.